The number of hydrogen-bond donors (Lipinski definition) is 1. The number of ether oxygens (including phenoxy) is 1. The van der Waals surface area contributed by atoms with E-state index in [4.69, 9.17) is 4.74 Å². The fourth-order valence-electron chi connectivity index (χ4n) is 2.40. The molecule has 0 amide bonds. The number of halogens is 1. The van der Waals surface area contributed by atoms with Crippen LogP contribution in [0.1, 0.15) is 19.3 Å². The first-order chi connectivity index (χ1) is 8.81. The zero-order valence-electron chi connectivity index (χ0n) is 10.5. The number of hydrogen-bond acceptors (Lipinski definition) is 3. The number of aliphatic hydroxyl groups excluding tert-OH is 1. The summed E-state index contributed by atoms with van der Waals surface area (Å²) in [5.41, 5.74) is 0. The molecule has 0 saturated carbocycles. The fraction of sp³-hybridized carbons (Fsp3) is 0.571. The van der Waals surface area contributed by atoms with Crippen molar-refractivity contribution in [2.75, 3.05) is 26.3 Å². The Morgan fingerprint density at radius 1 is 1.33 bits per heavy atom. The van der Waals surface area contributed by atoms with Gasteiger partial charge in [0.05, 0.1) is 6.61 Å². The maximum Gasteiger partial charge on any atom is 0.165 e. The number of likely N-dealkylation sites (tertiary alicyclic amines) is 1. The Hall–Kier alpha value is -1.13. The summed E-state index contributed by atoms with van der Waals surface area (Å²) in [5, 5.41) is 9.28. The molecule has 1 N–H and O–H groups in total. The van der Waals surface area contributed by atoms with Crippen molar-refractivity contribution in [3.05, 3.63) is 30.1 Å². The van der Waals surface area contributed by atoms with E-state index < -0.39 is 0 Å². The van der Waals surface area contributed by atoms with Crippen LogP contribution in [0.4, 0.5) is 4.39 Å². The van der Waals surface area contributed by atoms with Gasteiger partial charge in [0.25, 0.3) is 0 Å². The van der Waals surface area contributed by atoms with E-state index in [2.05, 4.69) is 4.90 Å². The highest BCUT2D eigenvalue weighted by Gasteiger charge is 2.21. The van der Waals surface area contributed by atoms with Gasteiger partial charge in [0.15, 0.2) is 11.6 Å². The summed E-state index contributed by atoms with van der Waals surface area (Å²) in [6, 6.07) is 6.68. The molecule has 0 bridgehead atoms. The summed E-state index contributed by atoms with van der Waals surface area (Å²) in [6.45, 7) is 2.38. The van der Waals surface area contributed by atoms with E-state index in [0.29, 0.717) is 12.4 Å². The number of piperidine rings is 1. The highest BCUT2D eigenvalue weighted by Crippen LogP contribution is 2.18. The first kappa shape index (κ1) is 13.3. The standard InChI is InChI=1S/C14H20FNO2/c15-13-6-1-2-7-14(13)18-10-9-16-8-4-3-5-12(16)11-17/h1-2,6-7,12,17H,3-5,8-11H2. The molecule has 0 radical (unpaired) electrons. The predicted molar refractivity (Wildman–Crippen MR) is 68.2 cm³/mol. The number of rotatable bonds is 5. The number of benzene rings is 1. The van der Waals surface area contributed by atoms with Gasteiger partial charge in [-0.1, -0.05) is 18.6 Å². The normalized spacial score (nSPS) is 20.9. The Kier molecular flexibility index (Phi) is 4.96. The Morgan fingerprint density at radius 2 is 2.17 bits per heavy atom. The third-order valence-corrected chi connectivity index (χ3v) is 3.43. The second-order valence-electron chi connectivity index (χ2n) is 4.65. The minimum Gasteiger partial charge on any atom is -0.489 e. The molecule has 2 rings (SSSR count). The minimum atomic E-state index is -0.324. The van der Waals surface area contributed by atoms with Gasteiger partial charge in [-0.15, -0.1) is 0 Å². The molecule has 1 unspecified atom stereocenters. The zero-order chi connectivity index (χ0) is 12.8. The lowest BCUT2D eigenvalue weighted by Crippen LogP contribution is -2.43. The molecule has 0 spiro atoms. The van der Waals surface area contributed by atoms with Gasteiger partial charge in [-0.05, 0) is 31.5 Å². The quantitative estimate of drug-likeness (QED) is 0.871. The third kappa shape index (κ3) is 3.43. The highest BCUT2D eigenvalue weighted by atomic mass is 19.1. The lowest BCUT2D eigenvalue weighted by Gasteiger charge is -2.34. The van der Waals surface area contributed by atoms with Gasteiger partial charge in [-0.3, -0.25) is 4.90 Å². The number of aliphatic hydroxyl groups is 1. The monoisotopic (exact) mass is 253 g/mol. The molecule has 1 fully saturated rings. The molecule has 1 aromatic carbocycles. The Balaban J connectivity index is 1.79. The summed E-state index contributed by atoms with van der Waals surface area (Å²) in [6.07, 6.45) is 3.38. The zero-order valence-corrected chi connectivity index (χ0v) is 10.5. The van der Waals surface area contributed by atoms with Crippen molar-refractivity contribution >= 4 is 0 Å². The summed E-state index contributed by atoms with van der Waals surface area (Å²) in [7, 11) is 0. The summed E-state index contributed by atoms with van der Waals surface area (Å²) < 4.78 is 18.8. The molecule has 3 nitrogen and oxygen atoms in total. The Morgan fingerprint density at radius 3 is 2.94 bits per heavy atom. The third-order valence-electron chi connectivity index (χ3n) is 3.43. The average molecular weight is 253 g/mol. The molecule has 4 heteroatoms. The molecule has 1 aliphatic rings. The molecule has 100 valence electrons. The second-order valence-corrected chi connectivity index (χ2v) is 4.65. The molecule has 0 aliphatic carbocycles. The largest absolute Gasteiger partial charge is 0.489 e. The molecule has 1 aromatic rings. The van der Waals surface area contributed by atoms with Gasteiger partial charge in [0, 0.05) is 12.6 Å². The van der Waals surface area contributed by atoms with Gasteiger partial charge >= 0.3 is 0 Å². The van der Waals surface area contributed by atoms with E-state index in [0.717, 1.165) is 25.9 Å². The molecular weight excluding hydrogens is 233 g/mol. The van der Waals surface area contributed by atoms with E-state index in [1.807, 2.05) is 0 Å². The number of nitrogens with zero attached hydrogens (tertiary/aromatic N) is 1. The van der Waals surface area contributed by atoms with E-state index >= 15 is 0 Å². The van der Waals surface area contributed by atoms with Crippen LogP contribution in [0.5, 0.6) is 5.75 Å². The van der Waals surface area contributed by atoms with Crippen molar-refractivity contribution in [1.82, 2.24) is 4.90 Å². The first-order valence-electron chi connectivity index (χ1n) is 6.53. The van der Waals surface area contributed by atoms with Crippen LogP contribution in [0.25, 0.3) is 0 Å². The maximum absolute atomic E-state index is 13.3. The predicted octanol–water partition coefficient (Wildman–Crippen LogP) is 2.05. The fourth-order valence-corrected chi connectivity index (χ4v) is 2.40. The number of para-hydroxylation sites is 1. The van der Waals surface area contributed by atoms with E-state index in [1.165, 1.54) is 12.5 Å². The molecule has 1 heterocycles. The Bertz CT molecular complexity index is 373. The van der Waals surface area contributed by atoms with Crippen LogP contribution >= 0.6 is 0 Å². The van der Waals surface area contributed by atoms with Crippen LogP contribution in [0.15, 0.2) is 24.3 Å². The van der Waals surface area contributed by atoms with E-state index in [-0.39, 0.29) is 18.5 Å². The SMILES string of the molecule is OCC1CCCCN1CCOc1ccccc1F. The van der Waals surface area contributed by atoms with Crippen molar-refractivity contribution < 1.29 is 14.2 Å². The van der Waals surface area contributed by atoms with Crippen LogP contribution < -0.4 is 4.74 Å². The summed E-state index contributed by atoms with van der Waals surface area (Å²) in [5.74, 6) is -0.0232. The van der Waals surface area contributed by atoms with E-state index in [1.54, 1.807) is 18.2 Å². The van der Waals surface area contributed by atoms with Gasteiger partial charge in [0.2, 0.25) is 0 Å². The molecule has 1 atom stereocenters. The summed E-state index contributed by atoms with van der Waals surface area (Å²) >= 11 is 0. The molecule has 18 heavy (non-hydrogen) atoms. The molecule has 0 aromatic heterocycles. The van der Waals surface area contributed by atoms with E-state index in [9.17, 15) is 9.50 Å². The lowest BCUT2D eigenvalue weighted by atomic mass is 10.0. The topological polar surface area (TPSA) is 32.7 Å². The van der Waals surface area contributed by atoms with Gasteiger partial charge in [0.1, 0.15) is 6.61 Å². The first-order valence-corrected chi connectivity index (χ1v) is 6.53. The van der Waals surface area contributed by atoms with Crippen LogP contribution in [-0.4, -0.2) is 42.4 Å². The maximum atomic E-state index is 13.3. The minimum absolute atomic E-state index is 0.194. The van der Waals surface area contributed by atoms with Crippen LogP contribution in [-0.2, 0) is 0 Å². The Labute approximate surface area is 107 Å². The molecule has 1 saturated heterocycles. The smallest absolute Gasteiger partial charge is 0.165 e. The van der Waals surface area contributed by atoms with Crippen molar-refractivity contribution in [3.8, 4) is 5.75 Å². The van der Waals surface area contributed by atoms with Crippen molar-refractivity contribution in [3.63, 3.8) is 0 Å². The van der Waals surface area contributed by atoms with Crippen LogP contribution in [0.3, 0.4) is 0 Å². The molecule has 1 aliphatic heterocycles. The van der Waals surface area contributed by atoms with Crippen molar-refractivity contribution in [2.24, 2.45) is 0 Å². The summed E-state index contributed by atoms with van der Waals surface area (Å²) in [4.78, 5) is 2.23. The van der Waals surface area contributed by atoms with Crippen molar-refractivity contribution in [2.45, 2.75) is 25.3 Å². The average Bonchev–Trinajstić information content (AvgIpc) is 2.41. The highest BCUT2D eigenvalue weighted by molar-refractivity contribution is 5.23. The van der Waals surface area contributed by atoms with Crippen LogP contribution in [0.2, 0.25) is 0 Å². The van der Waals surface area contributed by atoms with Gasteiger partial charge < -0.3 is 9.84 Å². The van der Waals surface area contributed by atoms with Crippen molar-refractivity contribution in [1.29, 1.82) is 0 Å². The molecular formula is C14H20FNO2. The van der Waals surface area contributed by atoms with Gasteiger partial charge in [-0.25, -0.2) is 4.39 Å². The van der Waals surface area contributed by atoms with Crippen LogP contribution in [0, 0.1) is 5.82 Å². The second kappa shape index (κ2) is 6.71. The lowest BCUT2D eigenvalue weighted by molar-refractivity contribution is 0.0767. The van der Waals surface area contributed by atoms with Gasteiger partial charge in [-0.2, -0.15) is 0 Å².